The molecule has 3 heteroatoms. The molecular weight excluding hydrogens is 348 g/mol. The highest BCUT2D eigenvalue weighted by Gasteiger charge is 2.49. The van der Waals surface area contributed by atoms with E-state index in [1.165, 1.54) is 38.2 Å². The minimum absolute atomic E-state index is 0.0801. The number of ether oxygens (including phenoxy) is 1. The predicted octanol–water partition coefficient (Wildman–Crippen LogP) is 5.67. The Hall–Kier alpha value is -1.61. The van der Waals surface area contributed by atoms with Crippen LogP contribution in [0.5, 0.6) is 0 Å². The predicted molar refractivity (Wildman–Crippen MR) is 114 cm³/mol. The van der Waals surface area contributed by atoms with Crippen molar-refractivity contribution in [3.63, 3.8) is 0 Å². The van der Waals surface area contributed by atoms with Crippen molar-refractivity contribution in [1.82, 2.24) is 0 Å². The molecule has 0 aromatic carbocycles. The van der Waals surface area contributed by atoms with Crippen molar-refractivity contribution in [3.8, 4) is 0 Å². The summed E-state index contributed by atoms with van der Waals surface area (Å²) >= 11 is 0. The molecule has 1 aliphatic heterocycles. The molecule has 1 heterocycles. The maximum absolute atomic E-state index is 11.1. The maximum atomic E-state index is 11.1. The summed E-state index contributed by atoms with van der Waals surface area (Å²) in [4.78, 5) is 11.1. The first kappa shape index (κ1) is 21.1. The second-order valence-corrected chi connectivity index (χ2v) is 9.78. The molecule has 3 aliphatic rings. The van der Waals surface area contributed by atoms with E-state index < -0.39 is 0 Å². The van der Waals surface area contributed by atoms with E-state index in [2.05, 4.69) is 27.7 Å². The Balaban J connectivity index is 1.70. The Morgan fingerprint density at radius 1 is 1.32 bits per heavy atom. The van der Waals surface area contributed by atoms with Crippen LogP contribution in [-0.4, -0.2) is 24.3 Å². The van der Waals surface area contributed by atoms with Crippen LogP contribution in [0, 0.1) is 16.7 Å². The molecule has 154 valence electrons. The molecule has 0 spiro atoms. The van der Waals surface area contributed by atoms with Crippen LogP contribution >= 0.6 is 0 Å². The molecule has 1 unspecified atom stereocenters. The highest BCUT2D eigenvalue weighted by Crippen LogP contribution is 2.60. The summed E-state index contributed by atoms with van der Waals surface area (Å²) in [6.45, 7) is 10.2. The van der Waals surface area contributed by atoms with E-state index in [1.807, 2.05) is 18.2 Å². The van der Waals surface area contributed by atoms with Gasteiger partial charge in [0.1, 0.15) is 6.61 Å². The normalized spacial score (nSPS) is 30.5. The van der Waals surface area contributed by atoms with Crippen molar-refractivity contribution in [2.75, 3.05) is 13.2 Å². The molecule has 0 amide bonds. The Bertz CT molecular complexity index is 735. The molecule has 2 atom stereocenters. The van der Waals surface area contributed by atoms with Gasteiger partial charge in [-0.05, 0) is 73.3 Å². The Kier molecular flexibility index (Phi) is 6.34. The summed E-state index contributed by atoms with van der Waals surface area (Å²) in [6, 6.07) is 0. The van der Waals surface area contributed by atoms with Gasteiger partial charge in [0.2, 0.25) is 0 Å². The summed E-state index contributed by atoms with van der Waals surface area (Å²) in [6.07, 6.45) is 15.8. The van der Waals surface area contributed by atoms with Gasteiger partial charge in [-0.15, -0.1) is 0 Å². The van der Waals surface area contributed by atoms with Crippen LogP contribution in [0.1, 0.15) is 72.6 Å². The summed E-state index contributed by atoms with van der Waals surface area (Å²) in [5.74, 6) is 0.490. The van der Waals surface area contributed by atoms with Crippen LogP contribution < -0.4 is 0 Å². The van der Waals surface area contributed by atoms with Crippen molar-refractivity contribution in [1.29, 1.82) is 0 Å². The molecule has 1 fully saturated rings. The minimum atomic E-state index is -0.274. The number of fused-ring (bicyclic) bond motifs is 1. The van der Waals surface area contributed by atoms with E-state index in [0.717, 1.165) is 29.9 Å². The first-order valence-electron chi connectivity index (χ1n) is 10.8. The molecule has 2 aliphatic carbocycles. The van der Waals surface area contributed by atoms with Crippen molar-refractivity contribution in [2.24, 2.45) is 16.7 Å². The number of carbonyl (C=O) groups is 1. The lowest BCUT2D eigenvalue weighted by atomic mass is 9.50. The second kappa shape index (κ2) is 8.41. The third-order valence-corrected chi connectivity index (χ3v) is 7.47. The highest BCUT2D eigenvalue weighted by molar-refractivity contribution is 5.86. The molecular formula is C25H36O3. The molecule has 1 saturated carbocycles. The molecule has 0 radical (unpaired) electrons. The minimum Gasteiger partial charge on any atom is -0.458 e. The van der Waals surface area contributed by atoms with Gasteiger partial charge in [0.15, 0.2) is 0 Å². The monoisotopic (exact) mass is 384 g/mol. The van der Waals surface area contributed by atoms with Crippen LogP contribution in [0.4, 0.5) is 0 Å². The summed E-state index contributed by atoms with van der Waals surface area (Å²) < 4.78 is 4.91. The van der Waals surface area contributed by atoms with Crippen LogP contribution in [-0.2, 0) is 9.53 Å². The largest absolute Gasteiger partial charge is 0.458 e. The molecule has 0 aromatic heterocycles. The number of esters is 1. The molecule has 0 saturated heterocycles. The molecule has 0 bridgehead atoms. The number of allylic oxidation sites excluding steroid dienone is 4. The van der Waals surface area contributed by atoms with Gasteiger partial charge in [0.05, 0.1) is 6.61 Å². The number of hydrogen-bond donors (Lipinski definition) is 1. The zero-order valence-corrected chi connectivity index (χ0v) is 18.0. The number of carbonyl (C=O) groups excluding carboxylic acids is 1. The van der Waals surface area contributed by atoms with Crippen molar-refractivity contribution in [2.45, 2.75) is 72.6 Å². The SMILES string of the molecule is CC1=C(CC/C(=C\C=C\C2=CC(=O)OC2)CO)[C@@]2(C)CCCC(C)(C)C2CC1. The van der Waals surface area contributed by atoms with Gasteiger partial charge in [-0.2, -0.15) is 0 Å². The number of aliphatic hydroxyl groups is 1. The van der Waals surface area contributed by atoms with Crippen molar-refractivity contribution >= 4 is 5.97 Å². The average molecular weight is 385 g/mol. The Labute approximate surface area is 170 Å². The van der Waals surface area contributed by atoms with E-state index in [1.54, 1.807) is 11.1 Å². The van der Waals surface area contributed by atoms with Gasteiger partial charge in [0, 0.05) is 6.08 Å². The van der Waals surface area contributed by atoms with Crippen LogP contribution in [0.2, 0.25) is 0 Å². The Morgan fingerprint density at radius 3 is 2.79 bits per heavy atom. The summed E-state index contributed by atoms with van der Waals surface area (Å²) in [5.41, 5.74) is 5.89. The van der Waals surface area contributed by atoms with Crippen molar-refractivity contribution < 1.29 is 14.6 Å². The van der Waals surface area contributed by atoms with Gasteiger partial charge in [-0.3, -0.25) is 0 Å². The smallest absolute Gasteiger partial charge is 0.331 e. The van der Waals surface area contributed by atoms with Crippen LogP contribution in [0.25, 0.3) is 0 Å². The summed E-state index contributed by atoms with van der Waals surface area (Å²) in [5, 5.41) is 9.82. The molecule has 1 N–H and O–H groups in total. The average Bonchev–Trinajstić information content (AvgIpc) is 3.04. The zero-order valence-electron chi connectivity index (χ0n) is 18.0. The number of rotatable bonds is 6. The third kappa shape index (κ3) is 4.35. The highest BCUT2D eigenvalue weighted by atomic mass is 16.5. The van der Waals surface area contributed by atoms with Gasteiger partial charge in [0.25, 0.3) is 0 Å². The molecule has 0 aromatic rings. The van der Waals surface area contributed by atoms with E-state index in [9.17, 15) is 9.90 Å². The van der Waals surface area contributed by atoms with Gasteiger partial charge in [-0.1, -0.05) is 56.6 Å². The quantitative estimate of drug-likeness (QED) is 0.365. The fourth-order valence-corrected chi connectivity index (χ4v) is 5.98. The number of hydrogen-bond acceptors (Lipinski definition) is 3. The lowest BCUT2D eigenvalue weighted by molar-refractivity contribution is -0.134. The number of cyclic esters (lactones) is 1. The lowest BCUT2D eigenvalue weighted by Crippen LogP contribution is -2.45. The molecule has 3 nitrogen and oxygen atoms in total. The van der Waals surface area contributed by atoms with Gasteiger partial charge >= 0.3 is 5.97 Å². The fourth-order valence-electron chi connectivity index (χ4n) is 5.98. The first-order chi connectivity index (χ1) is 13.3. The third-order valence-electron chi connectivity index (χ3n) is 7.47. The molecule has 3 rings (SSSR count). The summed E-state index contributed by atoms with van der Waals surface area (Å²) in [7, 11) is 0. The topological polar surface area (TPSA) is 46.5 Å². The Morgan fingerprint density at radius 2 is 2.11 bits per heavy atom. The van der Waals surface area contributed by atoms with Crippen LogP contribution in [0.15, 0.2) is 46.6 Å². The fraction of sp³-hybridized carbons (Fsp3) is 0.640. The van der Waals surface area contributed by atoms with E-state index in [-0.39, 0.29) is 12.6 Å². The van der Waals surface area contributed by atoms with E-state index in [0.29, 0.717) is 17.4 Å². The van der Waals surface area contributed by atoms with E-state index >= 15 is 0 Å². The first-order valence-corrected chi connectivity index (χ1v) is 10.8. The lowest BCUT2D eigenvalue weighted by Gasteiger charge is -2.55. The van der Waals surface area contributed by atoms with Gasteiger partial charge < -0.3 is 9.84 Å². The number of aliphatic hydroxyl groups excluding tert-OH is 1. The van der Waals surface area contributed by atoms with Gasteiger partial charge in [-0.25, -0.2) is 4.79 Å². The second-order valence-electron chi connectivity index (χ2n) is 9.78. The maximum Gasteiger partial charge on any atom is 0.331 e. The molecule has 28 heavy (non-hydrogen) atoms. The zero-order chi connectivity index (χ0) is 20.4. The van der Waals surface area contributed by atoms with Crippen molar-refractivity contribution in [3.05, 3.63) is 46.6 Å². The van der Waals surface area contributed by atoms with Crippen LogP contribution in [0.3, 0.4) is 0 Å². The van der Waals surface area contributed by atoms with E-state index in [4.69, 9.17) is 4.74 Å². The standard InChI is InChI=1S/C25H36O3/c1-18-9-12-22-24(2,3)13-6-14-25(22,4)21(18)11-10-19(16-26)7-5-8-20-15-23(27)28-17-20/h5,7-8,15,22,26H,6,9-14,16-17H2,1-4H3/b8-5+,19-7+/t22?,25-/m1/s1.